The Hall–Kier alpha value is -2.73. The molecule has 9 heteroatoms. The molecule has 1 saturated heterocycles. The summed E-state index contributed by atoms with van der Waals surface area (Å²) in [5, 5.41) is 10.9. The van der Waals surface area contributed by atoms with E-state index >= 15 is 0 Å². The number of esters is 1. The zero-order valence-corrected chi connectivity index (χ0v) is 17.6. The van der Waals surface area contributed by atoms with Gasteiger partial charge in [0.25, 0.3) is 0 Å². The molecule has 0 bridgehead atoms. The second-order valence-corrected chi connectivity index (χ2v) is 7.92. The number of nitrogens with two attached hydrogens (primary N) is 1. The molecule has 3 unspecified atom stereocenters. The molecule has 2 aliphatic heterocycles. The first-order chi connectivity index (χ1) is 13.8. The van der Waals surface area contributed by atoms with Crippen molar-refractivity contribution < 1.29 is 13.9 Å². The third-order valence-corrected chi connectivity index (χ3v) is 5.39. The molecule has 1 aromatic rings. The third-order valence-electron chi connectivity index (χ3n) is 4.91. The molecular weight excluding hydrogens is 392 g/mol. The fourth-order valence-electron chi connectivity index (χ4n) is 3.61. The van der Waals surface area contributed by atoms with Crippen LogP contribution >= 0.6 is 9.24 Å². The number of amidine groups is 1. The van der Waals surface area contributed by atoms with Gasteiger partial charge in [-0.1, -0.05) is 6.07 Å². The zero-order chi connectivity index (χ0) is 21.1. The molecular formula is C20H25FN5O2P. The molecule has 0 radical (unpaired) electrons. The predicted molar refractivity (Wildman–Crippen MR) is 114 cm³/mol. The monoisotopic (exact) mass is 417 g/mol. The van der Waals surface area contributed by atoms with E-state index in [1.807, 2.05) is 6.92 Å². The lowest BCUT2D eigenvalue weighted by Crippen LogP contribution is -2.36. The van der Waals surface area contributed by atoms with Crippen LogP contribution in [0, 0.1) is 18.2 Å². The van der Waals surface area contributed by atoms with Crippen LogP contribution in [0.1, 0.15) is 30.5 Å². The van der Waals surface area contributed by atoms with Crippen LogP contribution in [0.4, 0.5) is 4.39 Å². The number of likely N-dealkylation sites (tertiary alicyclic amines) is 1. The molecule has 7 nitrogen and oxygen atoms in total. The highest BCUT2D eigenvalue weighted by Gasteiger charge is 2.34. The highest BCUT2D eigenvalue weighted by molar-refractivity contribution is 7.17. The summed E-state index contributed by atoms with van der Waals surface area (Å²) in [5.41, 5.74) is 7.73. The maximum atomic E-state index is 13.9. The molecule has 0 amide bonds. The summed E-state index contributed by atoms with van der Waals surface area (Å²) in [4.78, 5) is 18.5. The fraction of sp³-hybridized carbons (Fsp3) is 0.350. The number of nitrogens with zero attached hydrogens (tertiary/aromatic N) is 2. The van der Waals surface area contributed by atoms with Crippen molar-refractivity contribution in [1.29, 1.82) is 5.41 Å². The first-order valence-corrected chi connectivity index (χ1v) is 10.0. The molecule has 2 heterocycles. The summed E-state index contributed by atoms with van der Waals surface area (Å²) in [6.45, 7) is 4.53. The lowest BCUT2D eigenvalue weighted by Gasteiger charge is -2.32. The molecule has 29 heavy (non-hydrogen) atoms. The van der Waals surface area contributed by atoms with Gasteiger partial charge in [0.15, 0.2) is 0 Å². The van der Waals surface area contributed by atoms with Gasteiger partial charge in [-0.3, -0.25) is 5.41 Å². The van der Waals surface area contributed by atoms with E-state index in [2.05, 4.69) is 24.4 Å². The Kier molecular flexibility index (Phi) is 6.33. The van der Waals surface area contributed by atoms with Gasteiger partial charge in [-0.15, -0.1) is 9.24 Å². The summed E-state index contributed by atoms with van der Waals surface area (Å²) in [7, 11) is 2.83. The van der Waals surface area contributed by atoms with Crippen LogP contribution in [0.25, 0.3) is 0 Å². The number of hydrogen-bond donors (Lipinski definition) is 3. The average Bonchev–Trinajstić information content (AvgIpc) is 3.05. The standard InChI is InChI=1S/C20H25FN5O2P/c1-3-28-20(27)17(18(22)23)19-24-7-6-16(25-19)26-10-13(29)9-15(26)14-8-12(21)5-4-11(14)2/h4-8,13,15,25H,3,9-10,29H2,1-2H3,(H3,22,23)/b19-17-. The Morgan fingerprint density at radius 3 is 2.97 bits per heavy atom. The highest BCUT2D eigenvalue weighted by atomic mass is 31.0. The van der Waals surface area contributed by atoms with Gasteiger partial charge in [0.1, 0.15) is 28.9 Å². The SMILES string of the molecule is CCOC(=O)/C(C(=N)N)=C1/N=CC=C(N2CC(P)CC2c2cc(F)ccc2C)N1. The normalized spacial score (nSPS) is 22.8. The van der Waals surface area contributed by atoms with Crippen molar-refractivity contribution in [3.8, 4) is 0 Å². The van der Waals surface area contributed by atoms with E-state index in [-0.39, 0.29) is 29.9 Å². The predicted octanol–water partition coefficient (Wildman–Crippen LogP) is 2.35. The van der Waals surface area contributed by atoms with E-state index in [0.717, 1.165) is 24.1 Å². The minimum Gasteiger partial charge on any atom is -0.462 e. The largest absolute Gasteiger partial charge is 0.462 e. The molecule has 154 valence electrons. The number of carbonyl (C=O) groups excluding carboxylic acids is 1. The number of halogens is 1. The lowest BCUT2D eigenvalue weighted by molar-refractivity contribution is -0.137. The van der Waals surface area contributed by atoms with Gasteiger partial charge in [-0.25, -0.2) is 14.2 Å². The van der Waals surface area contributed by atoms with Gasteiger partial charge in [0.05, 0.1) is 12.6 Å². The fourth-order valence-corrected chi connectivity index (χ4v) is 4.09. The van der Waals surface area contributed by atoms with E-state index in [4.69, 9.17) is 15.9 Å². The Balaban J connectivity index is 1.95. The van der Waals surface area contributed by atoms with Crippen molar-refractivity contribution in [1.82, 2.24) is 10.2 Å². The Morgan fingerprint density at radius 1 is 1.52 bits per heavy atom. The lowest BCUT2D eigenvalue weighted by atomic mass is 9.99. The number of hydrogen-bond acceptors (Lipinski definition) is 6. The summed E-state index contributed by atoms with van der Waals surface area (Å²) in [6, 6.07) is 4.77. The van der Waals surface area contributed by atoms with E-state index in [9.17, 15) is 9.18 Å². The molecule has 4 N–H and O–H groups in total. The Bertz CT molecular complexity index is 927. The number of aliphatic imine (C=N–C) groups is 1. The number of ether oxygens (including phenoxy) is 1. The van der Waals surface area contributed by atoms with Crippen molar-refractivity contribution in [2.45, 2.75) is 32.0 Å². The maximum Gasteiger partial charge on any atom is 0.345 e. The minimum absolute atomic E-state index is 0.0388. The third kappa shape index (κ3) is 4.48. The first-order valence-electron chi connectivity index (χ1n) is 9.37. The second kappa shape index (κ2) is 8.74. The second-order valence-electron chi connectivity index (χ2n) is 6.98. The van der Waals surface area contributed by atoms with Crippen molar-refractivity contribution >= 4 is 27.3 Å². The highest BCUT2D eigenvalue weighted by Crippen LogP contribution is 2.39. The summed E-state index contributed by atoms with van der Waals surface area (Å²) < 4.78 is 18.9. The molecule has 3 atom stereocenters. The van der Waals surface area contributed by atoms with Crippen LogP contribution in [-0.2, 0) is 9.53 Å². The minimum atomic E-state index is -0.705. The van der Waals surface area contributed by atoms with Crippen LogP contribution in [0.2, 0.25) is 0 Å². The summed E-state index contributed by atoms with van der Waals surface area (Å²) in [5.74, 6) is -0.533. The summed E-state index contributed by atoms with van der Waals surface area (Å²) in [6.07, 6.45) is 4.17. The van der Waals surface area contributed by atoms with Crippen LogP contribution in [0.15, 0.2) is 46.5 Å². The number of rotatable bonds is 5. The molecule has 0 saturated carbocycles. The number of aryl methyl sites for hydroxylation is 1. The first kappa shape index (κ1) is 21.0. The van der Waals surface area contributed by atoms with Crippen LogP contribution < -0.4 is 11.1 Å². The summed E-state index contributed by atoms with van der Waals surface area (Å²) >= 11 is 0. The van der Waals surface area contributed by atoms with Crippen LogP contribution in [0.3, 0.4) is 0 Å². The molecule has 3 rings (SSSR count). The number of allylic oxidation sites excluding steroid dienone is 1. The smallest absolute Gasteiger partial charge is 0.345 e. The number of nitrogens with one attached hydrogen (secondary N) is 2. The molecule has 0 spiro atoms. The van der Waals surface area contributed by atoms with E-state index in [1.54, 1.807) is 31.3 Å². The van der Waals surface area contributed by atoms with Crippen molar-refractivity contribution in [3.05, 3.63) is 58.4 Å². The molecule has 1 fully saturated rings. The average molecular weight is 417 g/mol. The van der Waals surface area contributed by atoms with Gasteiger partial charge in [0, 0.05) is 12.8 Å². The van der Waals surface area contributed by atoms with Gasteiger partial charge in [-0.2, -0.15) is 0 Å². The molecule has 2 aliphatic rings. The maximum absolute atomic E-state index is 13.9. The molecule has 1 aromatic carbocycles. The van der Waals surface area contributed by atoms with Crippen molar-refractivity contribution in [2.75, 3.05) is 13.2 Å². The van der Waals surface area contributed by atoms with E-state index in [1.165, 1.54) is 6.07 Å². The van der Waals surface area contributed by atoms with Crippen molar-refractivity contribution in [2.24, 2.45) is 10.7 Å². The van der Waals surface area contributed by atoms with Gasteiger partial charge in [0.2, 0.25) is 0 Å². The van der Waals surface area contributed by atoms with E-state index in [0.29, 0.717) is 11.5 Å². The van der Waals surface area contributed by atoms with Crippen molar-refractivity contribution in [3.63, 3.8) is 0 Å². The van der Waals surface area contributed by atoms with E-state index < -0.39 is 11.8 Å². The number of benzene rings is 1. The quantitative estimate of drug-likeness (QED) is 0.224. The molecule has 0 aliphatic carbocycles. The van der Waals surface area contributed by atoms with Crippen LogP contribution in [-0.4, -0.2) is 41.7 Å². The zero-order valence-electron chi connectivity index (χ0n) is 16.4. The Morgan fingerprint density at radius 2 is 2.28 bits per heavy atom. The Labute approximate surface area is 171 Å². The van der Waals surface area contributed by atoms with Gasteiger partial charge >= 0.3 is 5.97 Å². The topological polar surface area (TPSA) is 104 Å². The number of carbonyl (C=O) groups is 1. The van der Waals surface area contributed by atoms with Crippen LogP contribution in [0.5, 0.6) is 0 Å². The molecule has 0 aromatic heterocycles. The van der Waals surface area contributed by atoms with Gasteiger partial charge < -0.3 is 20.7 Å². The van der Waals surface area contributed by atoms with Gasteiger partial charge in [-0.05, 0) is 55.3 Å².